The molecule has 0 aliphatic heterocycles. The van der Waals surface area contributed by atoms with Crippen molar-refractivity contribution in [2.45, 2.75) is 71.6 Å². The van der Waals surface area contributed by atoms with Crippen LogP contribution in [-0.2, 0) is 9.53 Å². The second-order valence-corrected chi connectivity index (χ2v) is 6.79. The zero-order valence-electron chi connectivity index (χ0n) is 12.7. The van der Waals surface area contributed by atoms with E-state index >= 15 is 0 Å². The third-order valence-electron chi connectivity index (χ3n) is 3.34. The fourth-order valence-electron chi connectivity index (χ4n) is 2.76. The van der Waals surface area contributed by atoms with Gasteiger partial charge in [-0.3, -0.25) is 4.90 Å². The predicted octanol–water partition coefficient (Wildman–Crippen LogP) is 2.89. The zero-order valence-corrected chi connectivity index (χ0v) is 12.7. The van der Waals surface area contributed by atoms with Gasteiger partial charge >= 0.3 is 12.1 Å². The maximum Gasteiger partial charge on any atom is 0.411 e. The second-order valence-electron chi connectivity index (χ2n) is 6.79. The third kappa shape index (κ3) is 3.19. The number of amides is 1. The van der Waals surface area contributed by atoms with Gasteiger partial charge in [0.25, 0.3) is 0 Å². The maximum absolute atomic E-state index is 12.3. The van der Waals surface area contributed by atoms with Crippen molar-refractivity contribution in [1.29, 1.82) is 0 Å². The molecule has 0 saturated heterocycles. The van der Waals surface area contributed by atoms with E-state index in [0.29, 0.717) is 18.8 Å². The lowest BCUT2D eigenvalue weighted by Gasteiger charge is -2.51. The van der Waals surface area contributed by atoms with Gasteiger partial charge in [0.1, 0.15) is 11.1 Å². The molecule has 1 rings (SSSR count). The fraction of sp³-hybridized carbons (Fsp3) is 0.857. The van der Waals surface area contributed by atoms with Crippen LogP contribution in [0.2, 0.25) is 0 Å². The van der Waals surface area contributed by atoms with Gasteiger partial charge in [0.2, 0.25) is 0 Å². The normalized spacial score (nSPS) is 26.8. The number of carboxylic acid groups (broad SMARTS) is 1. The number of carboxylic acids is 1. The summed E-state index contributed by atoms with van der Waals surface area (Å²) in [7, 11) is 0. The molecular formula is C14H25NO4. The minimum absolute atomic E-state index is 0.210. The summed E-state index contributed by atoms with van der Waals surface area (Å²) in [5.41, 5.74) is -1.73. The van der Waals surface area contributed by atoms with Gasteiger partial charge in [-0.05, 0) is 53.4 Å². The molecule has 1 saturated carbocycles. The third-order valence-corrected chi connectivity index (χ3v) is 3.34. The molecule has 0 heterocycles. The van der Waals surface area contributed by atoms with Crippen LogP contribution in [0.1, 0.15) is 54.4 Å². The summed E-state index contributed by atoms with van der Waals surface area (Å²) in [6.45, 7) is 11.0. The van der Waals surface area contributed by atoms with Crippen LogP contribution in [0.5, 0.6) is 0 Å². The van der Waals surface area contributed by atoms with Crippen molar-refractivity contribution < 1.29 is 19.4 Å². The summed E-state index contributed by atoms with van der Waals surface area (Å²) in [5.74, 6) is -0.620. The summed E-state index contributed by atoms with van der Waals surface area (Å²) < 4.78 is 5.35. The van der Waals surface area contributed by atoms with Gasteiger partial charge in [-0.15, -0.1) is 0 Å². The number of hydrogen-bond donors (Lipinski definition) is 1. The van der Waals surface area contributed by atoms with Crippen LogP contribution in [0.15, 0.2) is 0 Å². The first-order chi connectivity index (χ1) is 8.49. The standard InChI is InChI=1S/C14H25NO4/c1-9(2)15(12(18)19-13(4,5)6)14(11(16)17)7-10(3)8-14/h9-10H,7-8H2,1-6H3,(H,16,17). The van der Waals surface area contributed by atoms with E-state index in [1.165, 1.54) is 4.90 Å². The van der Waals surface area contributed by atoms with Crippen molar-refractivity contribution >= 4 is 12.1 Å². The highest BCUT2D eigenvalue weighted by atomic mass is 16.6. The monoisotopic (exact) mass is 271 g/mol. The quantitative estimate of drug-likeness (QED) is 0.857. The molecule has 1 amide bonds. The number of aliphatic carboxylic acids is 1. The SMILES string of the molecule is CC1CC(C(=O)O)(N(C(=O)OC(C)(C)C)C(C)C)C1. The lowest BCUT2D eigenvalue weighted by atomic mass is 9.67. The molecule has 1 aliphatic rings. The van der Waals surface area contributed by atoms with Crippen molar-refractivity contribution in [3.05, 3.63) is 0 Å². The summed E-state index contributed by atoms with van der Waals surface area (Å²) in [4.78, 5) is 25.3. The van der Waals surface area contributed by atoms with E-state index < -0.39 is 23.2 Å². The Morgan fingerprint density at radius 2 is 1.79 bits per heavy atom. The lowest BCUT2D eigenvalue weighted by Crippen LogP contribution is -2.66. The Balaban J connectivity index is 3.00. The maximum atomic E-state index is 12.3. The Morgan fingerprint density at radius 3 is 2.05 bits per heavy atom. The van der Waals surface area contributed by atoms with E-state index in [9.17, 15) is 14.7 Å². The molecule has 0 radical (unpaired) electrons. The van der Waals surface area contributed by atoms with Crippen LogP contribution in [0.25, 0.3) is 0 Å². The largest absolute Gasteiger partial charge is 0.479 e. The highest BCUT2D eigenvalue weighted by Gasteiger charge is 2.56. The minimum Gasteiger partial charge on any atom is -0.479 e. The summed E-state index contributed by atoms with van der Waals surface area (Å²) in [5, 5.41) is 9.52. The van der Waals surface area contributed by atoms with Crippen molar-refractivity contribution in [2.24, 2.45) is 5.92 Å². The van der Waals surface area contributed by atoms with E-state index in [1.807, 2.05) is 20.8 Å². The van der Waals surface area contributed by atoms with E-state index in [1.54, 1.807) is 20.8 Å². The van der Waals surface area contributed by atoms with Crippen molar-refractivity contribution in [3.8, 4) is 0 Å². The molecule has 1 aliphatic carbocycles. The number of carbonyl (C=O) groups is 2. The molecule has 0 aromatic heterocycles. The smallest absolute Gasteiger partial charge is 0.411 e. The van der Waals surface area contributed by atoms with Crippen LogP contribution >= 0.6 is 0 Å². The number of hydrogen-bond acceptors (Lipinski definition) is 3. The summed E-state index contributed by atoms with van der Waals surface area (Å²) in [6, 6.07) is -0.210. The molecular weight excluding hydrogens is 246 g/mol. The topological polar surface area (TPSA) is 66.8 Å². The van der Waals surface area contributed by atoms with Gasteiger partial charge in [-0.1, -0.05) is 6.92 Å². The van der Waals surface area contributed by atoms with Crippen LogP contribution in [0.3, 0.4) is 0 Å². The molecule has 0 unspecified atom stereocenters. The first-order valence-electron chi connectivity index (χ1n) is 6.75. The molecule has 1 fully saturated rings. The van der Waals surface area contributed by atoms with Gasteiger partial charge < -0.3 is 9.84 Å². The Labute approximate surface area is 114 Å². The van der Waals surface area contributed by atoms with Crippen LogP contribution in [-0.4, -0.2) is 39.3 Å². The Morgan fingerprint density at radius 1 is 1.32 bits per heavy atom. The summed E-state index contributed by atoms with van der Waals surface area (Å²) >= 11 is 0. The van der Waals surface area contributed by atoms with Crippen LogP contribution < -0.4 is 0 Å². The summed E-state index contributed by atoms with van der Waals surface area (Å²) in [6.07, 6.45) is 0.427. The lowest BCUT2D eigenvalue weighted by molar-refractivity contribution is -0.163. The first-order valence-corrected chi connectivity index (χ1v) is 6.75. The Kier molecular flexibility index (Phi) is 4.17. The Hall–Kier alpha value is -1.26. The van der Waals surface area contributed by atoms with Gasteiger partial charge in [0.15, 0.2) is 0 Å². The molecule has 0 atom stereocenters. The van der Waals surface area contributed by atoms with Crippen LogP contribution in [0, 0.1) is 5.92 Å². The number of ether oxygens (including phenoxy) is 1. The molecule has 19 heavy (non-hydrogen) atoms. The average Bonchev–Trinajstić information content (AvgIpc) is 2.10. The highest BCUT2D eigenvalue weighted by molar-refractivity contribution is 5.86. The average molecular weight is 271 g/mol. The molecule has 0 aromatic carbocycles. The van der Waals surface area contributed by atoms with Crippen molar-refractivity contribution in [1.82, 2.24) is 4.90 Å². The first kappa shape index (κ1) is 15.8. The molecule has 0 aromatic rings. The highest BCUT2D eigenvalue weighted by Crippen LogP contribution is 2.44. The molecule has 110 valence electrons. The molecule has 5 heteroatoms. The van der Waals surface area contributed by atoms with Gasteiger partial charge in [-0.2, -0.15) is 0 Å². The second kappa shape index (κ2) is 5.02. The molecule has 0 bridgehead atoms. The zero-order chi connectivity index (χ0) is 15.0. The number of rotatable bonds is 3. The molecule has 5 nitrogen and oxygen atoms in total. The van der Waals surface area contributed by atoms with Crippen LogP contribution in [0.4, 0.5) is 4.79 Å². The van der Waals surface area contributed by atoms with E-state index in [0.717, 1.165) is 0 Å². The predicted molar refractivity (Wildman–Crippen MR) is 72.0 cm³/mol. The van der Waals surface area contributed by atoms with Gasteiger partial charge in [0.05, 0.1) is 0 Å². The number of nitrogens with zero attached hydrogens (tertiary/aromatic N) is 1. The van der Waals surface area contributed by atoms with E-state index in [-0.39, 0.29) is 6.04 Å². The van der Waals surface area contributed by atoms with Crippen molar-refractivity contribution in [3.63, 3.8) is 0 Å². The number of carbonyl (C=O) groups excluding carboxylic acids is 1. The molecule has 0 spiro atoms. The minimum atomic E-state index is -1.10. The Bertz CT molecular complexity index is 364. The molecule has 1 N–H and O–H groups in total. The van der Waals surface area contributed by atoms with Gasteiger partial charge in [-0.25, -0.2) is 9.59 Å². The van der Waals surface area contributed by atoms with E-state index in [4.69, 9.17) is 4.74 Å². The van der Waals surface area contributed by atoms with E-state index in [2.05, 4.69) is 0 Å². The van der Waals surface area contributed by atoms with Gasteiger partial charge in [0, 0.05) is 6.04 Å². The fourth-order valence-corrected chi connectivity index (χ4v) is 2.76. The van der Waals surface area contributed by atoms with Crippen molar-refractivity contribution in [2.75, 3.05) is 0 Å².